The fraction of sp³-hybridized carbons (Fsp3) is 0.381. The summed E-state index contributed by atoms with van der Waals surface area (Å²) < 4.78 is 44.6. The summed E-state index contributed by atoms with van der Waals surface area (Å²) >= 11 is 0. The van der Waals surface area contributed by atoms with Crippen molar-refractivity contribution in [2.45, 2.75) is 13.1 Å². The molecule has 0 bridgehead atoms. The highest BCUT2D eigenvalue weighted by molar-refractivity contribution is 6.06. The van der Waals surface area contributed by atoms with E-state index in [1.807, 2.05) is 7.05 Å². The van der Waals surface area contributed by atoms with E-state index in [0.717, 1.165) is 25.2 Å². The van der Waals surface area contributed by atoms with Gasteiger partial charge in [-0.3, -0.25) is 4.79 Å². The van der Waals surface area contributed by atoms with Crippen LogP contribution in [-0.4, -0.2) is 59.6 Å². The Kier molecular flexibility index (Phi) is 5.01. The van der Waals surface area contributed by atoms with Crippen LogP contribution in [0, 0.1) is 12.8 Å². The van der Waals surface area contributed by atoms with Crippen molar-refractivity contribution in [1.29, 1.82) is 0 Å². The van der Waals surface area contributed by atoms with Crippen molar-refractivity contribution >= 4 is 17.0 Å². The van der Waals surface area contributed by atoms with E-state index < -0.39 is 11.7 Å². The third kappa shape index (κ3) is 3.77. The van der Waals surface area contributed by atoms with Crippen LogP contribution in [0.25, 0.3) is 22.4 Å². The van der Waals surface area contributed by atoms with Crippen LogP contribution in [0.2, 0.25) is 0 Å². The molecule has 30 heavy (non-hydrogen) atoms. The number of amides is 1. The van der Waals surface area contributed by atoms with Crippen molar-refractivity contribution < 1.29 is 22.5 Å². The molecule has 158 valence electrons. The molecule has 6 nitrogen and oxygen atoms in total. The number of likely N-dealkylation sites (tertiary alicyclic amines) is 1. The number of hydrogen-bond donors (Lipinski definition) is 0. The van der Waals surface area contributed by atoms with E-state index in [-0.39, 0.29) is 22.9 Å². The van der Waals surface area contributed by atoms with Gasteiger partial charge in [-0.25, -0.2) is 4.98 Å². The lowest BCUT2D eigenvalue weighted by Crippen LogP contribution is -2.49. The molecule has 2 aromatic heterocycles. The van der Waals surface area contributed by atoms with Gasteiger partial charge in [-0.1, -0.05) is 17.3 Å². The average Bonchev–Trinajstić information content (AvgIpc) is 3.06. The van der Waals surface area contributed by atoms with Crippen LogP contribution in [0.3, 0.4) is 0 Å². The number of carbonyl (C=O) groups excluding carboxylic acids is 1. The summed E-state index contributed by atoms with van der Waals surface area (Å²) in [5.74, 6) is 0.157. The molecule has 0 radical (unpaired) electrons. The predicted molar refractivity (Wildman–Crippen MR) is 105 cm³/mol. The van der Waals surface area contributed by atoms with Crippen molar-refractivity contribution in [3.8, 4) is 11.3 Å². The molecule has 1 aliphatic heterocycles. The number of fused-ring (bicyclic) bond motifs is 1. The molecule has 0 aliphatic carbocycles. The number of aromatic nitrogens is 2. The normalized spacial score (nSPS) is 15.4. The molecule has 4 rings (SSSR count). The van der Waals surface area contributed by atoms with Gasteiger partial charge in [-0.2, -0.15) is 13.2 Å². The lowest BCUT2D eigenvalue weighted by atomic mass is 9.99. The molecule has 1 aromatic carbocycles. The zero-order valence-electron chi connectivity index (χ0n) is 16.8. The van der Waals surface area contributed by atoms with E-state index >= 15 is 0 Å². The largest absolute Gasteiger partial charge is 0.416 e. The van der Waals surface area contributed by atoms with Gasteiger partial charge in [0.15, 0.2) is 0 Å². The number of rotatable bonds is 4. The predicted octanol–water partition coefficient (Wildman–Crippen LogP) is 3.85. The van der Waals surface area contributed by atoms with Crippen molar-refractivity contribution in [3.63, 3.8) is 0 Å². The van der Waals surface area contributed by atoms with Crippen LogP contribution in [0.1, 0.15) is 21.6 Å². The summed E-state index contributed by atoms with van der Waals surface area (Å²) in [7, 11) is 3.74. The van der Waals surface area contributed by atoms with Gasteiger partial charge in [-0.05, 0) is 32.2 Å². The monoisotopic (exact) mass is 418 g/mol. The second kappa shape index (κ2) is 7.39. The van der Waals surface area contributed by atoms with Gasteiger partial charge in [-0.15, -0.1) is 0 Å². The number of hydrogen-bond acceptors (Lipinski definition) is 5. The van der Waals surface area contributed by atoms with Gasteiger partial charge in [0.2, 0.25) is 0 Å². The SMILES string of the molecule is Cc1noc2nc(-c3cccc(C(F)(F)F)c3)cc(C(=O)N(C)CC3CN(C)C3)c12. The Morgan fingerprint density at radius 2 is 2.03 bits per heavy atom. The van der Waals surface area contributed by atoms with E-state index in [1.165, 1.54) is 18.2 Å². The number of aryl methyl sites for hydroxylation is 1. The van der Waals surface area contributed by atoms with Crippen LogP contribution in [-0.2, 0) is 6.18 Å². The Hall–Kier alpha value is -2.94. The van der Waals surface area contributed by atoms with Gasteiger partial charge in [0.1, 0.15) is 0 Å². The maximum atomic E-state index is 13.2. The van der Waals surface area contributed by atoms with E-state index in [2.05, 4.69) is 15.0 Å². The van der Waals surface area contributed by atoms with Gasteiger partial charge >= 0.3 is 6.18 Å². The minimum Gasteiger partial charge on any atom is -0.341 e. The first kappa shape index (κ1) is 20.3. The topological polar surface area (TPSA) is 62.5 Å². The van der Waals surface area contributed by atoms with E-state index in [0.29, 0.717) is 29.1 Å². The third-order valence-corrected chi connectivity index (χ3v) is 5.35. The minimum atomic E-state index is -4.47. The first-order valence-corrected chi connectivity index (χ1v) is 9.52. The lowest BCUT2D eigenvalue weighted by Gasteiger charge is -2.38. The van der Waals surface area contributed by atoms with Crippen LogP contribution >= 0.6 is 0 Å². The summed E-state index contributed by atoms with van der Waals surface area (Å²) in [5, 5.41) is 4.37. The van der Waals surface area contributed by atoms with Crippen molar-refractivity contribution in [2.24, 2.45) is 5.92 Å². The first-order valence-electron chi connectivity index (χ1n) is 9.52. The summed E-state index contributed by atoms with van der Waals surface area (Å²) in [6.45, 7) is 4.14. The molecular weight excluding hydrogens is 397 g/mol. The Bertz CT molecular complexity index is 1100. The Morgan fingerprint density at radius 3 is 2.70 bits per heavy atom. The zero-order chi connectivity index (χ0) is 21.6. The standard InChI is InChI=1S/C21H21F3N4O2/c1-12-18-16(20(29)28(3)11-13-9-27(2)10-13)8-17(25-19(18)30-26-12)14-5-4-6-15(7-14)21(22,23)24/h4-8,13H,9-11H2,1-3H3. The van der Waals surface area contributed by atoms with Crippen LogP contribution in [0.15, 0.2) is 34.9 Å². The molecule has 3 heterocycles. The van der Waals surface area contributed by atoms with E-state index in [4.69, 9.17) is 4.52 Å². The van der Waals surface area contributed by atoms with Crippen molar-refractivity contribution in [3.05, 3.63) is 47.2 Å². The quantitative estimate of drug-likeness (QED) is 0.644. The summed E-state index contributed by atoms with van der Waals surface area (Å²) in [4.78, 5) is 21.3. The molecule has 9 heteroatoms. The van der Waals surface area contributed by atoms with Crippen LogP contribution < -0.4 is 0 Å². The number of halogens is 3. The van der Waals surface area contributed by atoms with Crippen LogP contribution in [0.5, 0.6) is 0 Å². The Morgan fingerprint density at radius 1 is 1.30 bits per heavy atom. The van der Waals surface area contributed by atoms with E-state index in [9.17, 15) is 18.0 Å². The van der Waals surface area contributed by atoms with Gasteiger partial charge in [0, 0.05) is 38.2 Å². The molecule has 1 fully saturated rings. The molecule has 0 saturated carbocycles. The van der Waals surface area contributed by atoms with Gasteiger partial charge in [0.05, 0.1) is 27.9 Å². The highest BCUT2D eigenvalue weighted by atomic mass is 19.4. The molecular formula is C21H21F3N4O2. The Balaban J connectivity index is 1.74. The number of pyridine rings is 1. The lowest BCUT2D eigenvalue weighted by molar-refractivity contribution is -0.137. The molecule has 0 atom stereocenters. The number of alkyl halides is 3. The number of carbonyl (C=O) groups is 1. The summed E-state index contributed by atoms with van der Waals surface area (Å²) in [6.07, 6.45) is -4.47. The van der Waals surface area contributed by atoms with Crippen LogP contribution in [0.4, 0.5) is 13.2 Å². The summed E-state index contributed by atoms with van der Waals surface area (Å²) in [6, 6.07) is 6.37. The molecule has 0 N–H and O–H groups in total. The maximum absolute atomic E-state index is 13.2. The average molecular weight is 418 g/mol. The van der Waals surface area contributed by atoms with Crippen molar-refractivity contribution in [1.82, 2.24) is 19.9 Å². The van der Waals surface area contributed by atoms with E-state index in [1.54, 1.807) is 18.9 Å². The van der Waals surface area contributed by atoms with Gasteiger partial charge in [0.25, 0.3) is 11.6 Å². The number of benzene rings is 1. The molecule has 1 aliphatic rings. The molecule has 1 saturated heterocycles. The molecule has 0 spiro atoms. The molecule has 1 amide bonds. The second-order valence-electron chi connectivity index (χ2n) is 7.85. The van der Waals surface area contributed by atoms with Gasteiger partial charge < -0.3 is 14.3 Å². The third-order valence-electron chi connectivity index (χ3n) is 5.35. The zero-order valence-corrected chi connectivity index (χ0v) is 16.8. The second-order valence-corrected chi connectivity index (χ2v) is 7.85. The minimum absolute atomic E-state index is 0.127. The highest BCUT2D eigenvalue weighted by Crippen LogP contribution is 2.33. The summed E-state index contributed by atoms with van der Waals surface area (Å²) in [5.41, 5.74) is 0.648. The number of nitrogens with zero attached hydrogens (tertiary/aromatic N) is 4. The van der Waals surface area contributed by atoms with Crippen molar-refractivity contribution in [2.75, 3.05) is 33.7 Å². The molecule has 0 unspecified atom stereocenters. The maximum Gasteiger partial charge on any atom is 0.416 e. The first-order chi connectivity index (χ1) is 14.1. The smallest absolute Gasteiger partial charge is 0.341 e. The highest BCUT2D eigenvalue weighted by Gasteiger charge is 2.31. The fourth-order valence-electron chi connectivity index (χ4n) is 3.89. The fourth-order valence-corrected chi connectivity index (χ4v) is 3.89. The molecule has 3 aromatic rings. The Labute approximate surface area is 171 Å².